The summed E-state index contributed by atoms with van der Waals surface area (Å²) < 4.78 is 24.4. The van der Waals surface area contributed by atoms with Crippen molar-refractivity contribution in [1.29, 1.82) is 0 Å². The minimum Gasteiger partial charge on any atom is -0.508 e. The SMILES string of the molecule is COc1ccc(N2C(=O)C(=O)/C(=C(/O)c3cc(F)ccc3OC)C2c2cccc(O)c2)cc1. The molecule has 1 saturated heterocycles. The summed E-state index contributed by atoms with van der Waals surface area (Å²) >= 11 is 0. The normalized spacial score (nSPS) is 17.3. The third kappa shape index (κ3) is 3.87. The average molecular weight is 449 g/mol. The van der Waals surface area contributed by atoms with Crippen molar-refractivity contribution in [3.05, 3.63) is 89.2 Å². The Balaban J connectivity index is 1.97. The van der Waals surface area contributed by atoms with E-state index < -0.39 is 29.3 Å². The Labute approximate surface area is 188 Å². The second kappa shape index (κ2) is 8.66. The van der Waals surface area contributed by atoms with E-state index in [0.717, 1.165) is 12.1 Å². The van der Waals surface area contributed by atoms with E-state index in [-0.39, 0.29) is 22.6 Å². The Morgan fingerprint density at radius 3 is 2.33 bits per heavy atom. The third-order valence-corrected chi connectivity index (χ3v) is 5.40. The number of hydrogen-bond acceptors (Lipinski definition) is 6. The van der Waals surface area contributed by atoms with Crippen molar-refractivity contribution in [1.82, 2.24) is 0 Å². The molecule has 1 aliphatic rings. The molecule has 1 amide bonds. The summed E-state index contributed by atoms with van der Waals surface area (Å²) in [6.45, 7) is 0. The molecule has 1 heterocycles. The van der Waals surface area contributed by atoms with Crippen LogP contribution < -0.4 is 14.4 Å². The van der Waals surface area contributed by atoms with Gasteiger partial charge in [0.1, 0.15) is 28.8 Å². The van der Waals surface area contributed by atoms with Crippen LogP contribution in [0.1, 0.15) is 17.2 Å². The zero-order valence-corrected chi connectivity index (χ0v) is 17.8. The molecule has 4 rings (SSSR count). The van der Waals surface area contributed by atoms with Crippen LogP contribution in [0.2, 0.25) is 0 Å². The Morgan fingerprint density at radius 2 is 1.70 bits per heavy atom. The molecule has 1 atom stereocenters. The molecule has 0 saturated carbocycles. The van der Waals surface area contributed by atoms with Crippen molar-refractivity contribution in [2.24, 2.45) is 0 Å². The molecule has 1 fully saturated rings. The molecular weight excluding hydrogens is 429 g/mol. The number of benzene rings is 3. The van der Waals surface area contributed by atoms with Gasteiger partial charge in [-0.05, 0) is 60.2 Å². The van der Waals surface area contributed by atoms with E-state index in [0.29, 0.717) is 17.0 Å². The quantitative estimate of drug-likeness (QED) is 0.345. The van der Waals surface area contributed by atoms with E-state index in [1.807, 2.05) is 0 Å². The Bertz CT molecular complexity index is 1270. The Kier molecular flexibility index (Phi) is 5.74. The number of phenols is 1. The summed E-state index contributed by atoms with van der Waals surface area (Å²) in [4.78, 5) is 27.5. The number of phenolic OH excluding ortho intramolecular Hbond substituents is 1. The molecule has 1 unspecified atom stereocenters. The minimum absolute atomic E-state index is 0.0737. The van der Waals surface area contributed by atoms with E-state index in [4.69, 9.17) is 9.47 Å². The molecule has 3 aromatic rings. The van der Waals surface area contributed by atoms with Gasteiger partial charge in [0, 0.05) is 5.69 Å². The maximum absolute atomic E-state index is 14.0. The summed E-state index contributed by atoms with van der Waals surface area (Å²) in [6.07, 6.45) is 0. The van der Waals surface area contributed by atoms with Crippen molar-refractivity contribution >= 4 is 23.1 Å². The summed E-state index contributed by atoms with van der Waals surface area (Å²) in [5.74, 6) is -2.50. The van der Waals surface area contributed by atoms with Crippen molar-refractivity contribution in [2.45, 2.75) is 6.04 Å². The molecule has 3 aromatic carbocycles. The molecule has 0 spiro atoms. The number of ether oxygens (including phenoxy) is 2. The van der Waals surface area contributed by atoms with Crippen LogP contribution in [-0.4, -0.2) is 36.1 Å². The number of carbonyl (C=O) groups is 2. The van der Waals surface area contributed by atoms with Crippen molar-refractivity contribution in [2.75, 3.05) is 19.1 Å². The molecule has 0 aromatic heterocycles. The van der Waals surface area contributed by atoms with Gasteiger partial charge in [-0.1, -0.05) is 12.1 Å². The number of aliphatic hydroxyl groups is 1. The fourth-order valence-electron chi connectivity index (χ4n) is 3.86. The number of methoxy groups -OCH3 is 2. The zero-order valence-electron chi connectivity index (χ0n) is 17.8. The number of anilines is 1. The standard InChI is InChI=1S/C25H20FNO6/c1-32-18-9-7-16(8-10-18)27-22(14-4-3-5-17(28)12-14)21(24(30)25(27)31)23(29)19-13-15(26)6-11-20(19)33-2/h3-13,22,28-29H,1-2H3/b23-21+. The molecule has 2 N–H and O–H groups in total. The number of ketones is 1. The first-order valence-corrected chi connectivity index (χ1v) is 9.93. The third-order valence-electron chi connectivity index (χ3n) is 5.40. The minimum atomic E-state index is -1.08. The first-order chi connectivity index (χ1) is 15.8. The number of carbonyl (C=O) groups excluding carboxylic acids is 2. The van der Waals surface area contributed by atoms with Gasteiger partial charge in [-0.2, -0.15) is 0 Å². The molecule has 8 heteroatoms. The van der Waals surface area contributed by atoms with E-state index >= 15 is 0 Å². The zero-order chi connectivity index (χ0) is 23.7. The van der Waals surface area contributed by atoms with Gasteiger partial charge in [0.15, 0.2) is 0 Å². The van der Waals surface area contributed by atoms with Crippen LogP contribution in [-0.2, 0) is 9.59 Å². The van der Waals surface area contributed by atoms with Gasteiger partial charge in [0.25, 0.3) is 11.7 Å². The first kappa shape index (κ1) is 21.9. The van der Waals surface area contributed by atoms with E-state index in [2.05, 4.69) is 0 Å². The average Bonchev–Trinajstić information content (AvgIpc) is 3.09. The lowest BCUT2D eigenvalue weighted by atomic mass is 9.94. The molecule has 0 aliphatic carbocycles. The number of hydrogen-bond donors (Lipinski definition) is 2. The predicted octanol–water partition coefficient (Wildman–Crippen LogP) is 4.17. The maximum atomic E-state index is 14.0. The highest BCUT2D eigenvalue weighted by molar-refractivity contribution is 6.51. The van der Waals surface area contributed by atoms with E-state index in [9.17, 15) is 24.2 Å². The fraction of sp³-hybridized carbons (Fsp3) is 0.120. The van der Waals surface area contributed by atoms with Gasteiger partial charge in [0.05, 0.1) is 31.4 Å². The molecule has 168 valence electrons. The Hall–Kier alpha value is -4.33. The Morgan fingerprint density at radius 1 is 0.970 bits per heavy atom. The summed E-state index contributed by atoms with van der Waals surface area (Å²) in [7, 11) is 2.84. The van der Waals surface area contributed by atoms with Crippen LogP contribution in [0.3, 0.4) is 0 Å². The largest absolute Gasteiger partial charge is 0.508 e. The van der Waals surface area contributed by atoms with Crippen molar-refractivity contribution in [3.8, 4) is 17.2 Å². The van der Waals surface area contributed by atoms with E-state index in [1.54, 1.807) is 36.4 Å². The van der Waals surface area contributed by atoms with Crippen LogP contribution in [0.25, 0.3) is 5.76 Å². The van der Waals surface area contributed by atoms with Crippen molar-refractivity contribution in [3.63, 3.8) is 0 Å². The molecule has 0 radical (unpaired) electrons. The smallest absolute Gasteiger partial charge is 0.300 e. The number of nitrogens with zero attached hydrogens (tertiary/aromatic N) is 1. The van der Waals surface area contributed by atoms with Gasteiger partial charge < -0.3 is 19.7 Å². The predicted molar refractivity (Wildman–Crippen MR) is 119 cm³/mol. The highest BCUT2D eigenvalue weighted by atomic mass is 19.1. The second-order valence-corrected chi connectivity index (χ2v) is 7.31. The van der Waals surface area contributed by atoms with Crippen LogP contribution >= 0.6 is 0 Å². The van der Waals surface area contributed by atoms with Gasteiger partial charge in [-0.15, -0.1) is 0 Å². The lowest BCUT2D eigenvalue weighted by Gasteiger charge is -2.25. The maximum Gasteiger partial charge on any atom is 0.300 e. The number of aliphatic hydroxyl groups excluding tert-OH is 1. The number of halogens is 1. The van der Waals surface area contributed by atoms with Crippen LogP contribution in [0, 0.1) is 5.82 Å². The highest BCUT2D eigenvalue weighted by Gasteiger charge is 2.47. The number of aromatic hydroxyl groups is 1. The number of rotatable bonds is 5. The fourth-order valence-corrected chi connectivity index (χ4v) is 3.86. The van der Waals surface area contributed by atoms with Gasteiger partial charge >= 0.3 is 0 Å². The summed E-state index contributed by atoms with van der Waals surface area (Å²) in [5, 5.41) is 21.2. The first-order valence-electron chi connectivity index (χ1n) is 9.93. The molecule has 33 heavy (non-hydrogen) atoms. The summed E-state index contributed by atoms with van der Waals surface area (Å²) in [6, 6.07) is 14.9. The van der Waals surface area contributed by atoms with Gasteiger partial charge in [0.2, 0.25) is 0 Å². The lowest BCUT2D eigenvalue weighted by Crippen LogP contribution is -2.29. The molecule has 7 nitrogen and oxygen atoms in total. The van der Waals surface area contributed by atoms with Crippen LogP contribution in [0.5, 0.6) is 17.2 Å². The molecular formula is C25H20FNO6. The van der Waals surface area contributed by atoms with Gasteiger partial charge in [-0.3, -0.25) is 14.5 Å². The topological polar surface area (TPSA) is 96.3 Å². The molecule has 1 aliphatic heterocycles. The second-order valence-electron chi connectivity index (χ2n) is 7.31. The van der Waals surface area contributed by atoms with E-state index in [1.165, 1.54) is 37.3 Å². The van der Waals surface area contributed by atoms with Gasteiger partial charge in [-0.25, -0.2) is 4.39 Å². The number of amides is 1. The van der Waals surface area contributed by atoms with Crippen LogP contribution in [0.4, 0.5) is 10.1 Å². The van der Waals surface area contributed by atoms with Crippen LogP contribution in [0.15, 0.2) is 72.3 Å². The van der Waals surface area contributed by atoms with Crippen molar-refractivity contribution < 1.29 is 33.7 Å². The highest BCUT2D eigenvalue weighted by Crippen LogP contribution is 2.44. The lowest BCUT2D eigenvalue weighted by molar-refractivity contribution is -0.132. The summed E-state index contributed by atoms with van der Waals surface area (Å²) in [5.41, 5.74) is 0.416. The number of Topliss-reactive ketones (excluding diaryl/α,β-unsaturated/α-hetero) is 1. The molecule has 0 bridgehead atoms. The monoisotopic (exact) mass is 449 g/mol.